The van der Waals surface area contributed by atoms with Gasteiger partial charge in [0, 0.05) is 29.7 Å². The summed E-state index contributed by atoms with van der Waals surface area (Å²) in [5, 5.41) is 12.2. The van der Waals surface area contributed by atoms with Crippen molar-refractivity contribution in [1.29, 1.82) is 0 Å². The summed E-state index contributed by atoms with van der Waals surface area (Å²) in [7, 11) is 0. The number of ether oxygens (including phenoxy) is 2. The van der Waals surface area contributed by atoms with Gasteiger partial charge in [-0.25, -0.2) is 0 Å². The fourth-order valence-corrected chi connectivity index (χ4v) is 8.47. The molecule has 1 aliphatic heterocycles. The Kier molecular flexibility index (Phi) is 5.80. The maximum atomic E-state index is 12.2. The van der Waals surface area contributed by atoms with Crippen molar-refractivity contribution in [2.24, 2.45) is 22.7 Å². The second kappa shape index (κ2) is 8.55. The molecule has 0 aromatic heterocycles. The highest BCUT2D eigenvalue weighted by Gasteiger charge is 2.58. The van der Waals surface area contributed by atoms with E-state index in [4.69, 9.17) is 9.47 Å². The van der Waals surface area contributed by atoms with Crippen molar-refractivity contribution < 1.29 is 19.4 Å². The minimum atomic E-state index is -0.842. The van der Waals surface area contributed by atoms with Crippen LogP contribution >= 0.6 is 0 Å². The SMILES string of the molecule is CC1(C)COC2(CCC3=C4C(CC[C@@]3(O)C2)C2CCCC2(C)C[C@@H]4c2ccc(C#CC=O)cc2)OC1. The number of aldehydes is 1. The lowest BCUT2D eigenvalue weighted by Crippen LogP contribution is -2.57. The van der Waals surface area contributed by atoms with Gasteiger partial charge in [-0.2, -0.15) is 0 Å². The highest BCUT2D eigenvalue weighted by Crippen LogP contribution is 2.65. The van der Waals surface area contributed by atoms with Crippen LogP contribution in [-0.4, -0.2) is 36.0 Å². The van der Waals surface area contributed by atoms with Gasteiger partial charge in [-0.05, 0) is 85.0 Å². The van der Waals surface area contributed by atoms with Crippen LogP contribution < -0.4 is 0 Å². The minimum absolute atomic E-state index is 0.0218. The summed E-state index contributed by atoms with van der Waals surface area (Å²) in [6.45, 7) is 8.24. The van der Waals surface area contributed by atoms with Crippen LogP contribution in [0, 0.1) is 34.5 Å². The van der Waals surface area contributed by atoms with E-state index >= 15 is 0 Å². The molecule has 3 saturated carbocycles. The van der Waals surface area contributed by atoms with Gasteiger partial charge < -0.3 is 14.6 Å². The first-order valence-corrected chi connectivity index (χ1v) is 13.9. The van der Waals surface area contributed by atoms with Gasteiger partial charge in [0.2, 0.25) is 0 Å². The fourth-order valence-electron chi connectivity index (χ4n) is 8.47. The van der Waals surface area contributed by atoms with Gasteiger partial charge in [-0.3, -0.25) is 4.79 Å². The van der Waals surface area contributed by atoms with E-state index in [1.54, 1.807) is 0 Å². The van der Waals surface area contributed by atoms with Crippen molar-refractivity contribution in [3.8, 4) is 11.8 Å². The van der Waals surface area contributed by atoms with Crippen LogP contribution in [0.4, 0.5) is 0 Å². The summed E-state index contributed by atoms with van der Waals surface area (Å²) >= 11 is 0. The molecule has 5 aliphatic rings. The Hall–Kier alpha value is -1.93. The molecule has 0 radical (unpaired) electrons. The number of fused-ring (bicyclic) bond motifs is 4. The predicted molar refractivity (Wildman–Crippen MR) is 139 cm³/mol. The van der Waals surface area contributed by atoms with Gasteiger partial charge in [0.05, 0.1) is 18.8 Å². The number of rotatable bonds is 1. The Morgan fingerprint density at radius 1 is 1.03 bits per heavy atom. The smallest absolute Gasteiger partial charge is 0.193 e. The van der Waals surface area contributed by atoms with Crippen LogP contribution in [0.3, 0.4) is 0 Å². The van der Waals surface area contributed by atoms with Crippen molar-refractivity contribution in [3.63, 3.8) is 0 Å². The van der Waals surface area contributed by atoms with Crippen LogP contribution in [0.25, 0.3) is 0 Å². The van der Waals surface area contributed by atoms with Gasteiger partial charge in [0.1, 0.15) is 0 Å². The Bertz CT molecular complexity index is 1120. The molecule has 0 amide bonds. The molecule has 1 saturated heterocycles. The highest BCUT2D eigenvalue weighted by atomic mass is 16.7. The quantitative estimate of drug-likeness (QED) is 0.303. The molecule has 1 aromatic carbocycles. The monoisotopic (exact) mass is 488 g/mol. The molecule has 4 nitrogen and oxygen atoms in total. The number of carbonyl (C=O) groups is 1. The van der Waals surface area contributed by atoms with Crippen molar-refractivity contribution in [2.75, 3.05) is 13.2 Å². The lowest BCUT2D eigenvalue weighted by molar-refractivity contribution is -0.322. The van der Waals surface area contributed by atoms with Crippen molar-refractivity contribution in [1.82, 2.24) is 0 Å². The summed E-state index contributed by atoms with van der Waals surface area (Å²) in [5.74, 6) is 6.40. The molecular formula is C32H40O4. The van der Waals surface area contributed by atoms with E-state index in [9.17, 15) is 9.90 Å². The average molecular weight is 489 g/mol. The van der Waals surface area contributed by atoms with E-state index < -0.39 is 11.4 Å². The number of hydrogen-bond acceptors (Lipinski definition) is 4. The van der Waals surface area contributed by atoms with E-state index in [1.165, 1.54) is 36.0 Å². The zero-order chi connectivity index (χ0) is 25.2. The molecule has 0 bridgehead atoms. The zero-order valence-electron chi connectivity index (χ0n) is 22.1. The van der Waals surface area contributed by atoms with E-state index in [2.05, 4.69) is 44.7 Å². The van der Waals surface area contributed by atoms with Gasteiger partial charge in [-0.15, -0.1) is 0 Å². The van der Waals surface area contributed by atoms with Crippen LogP contribution in [0.1, 0.15) is 95.6 Å². The zero-order valence-corrected chi connectivity index (χ0v) is 22.1. The summed E-state index contributed by atoms with van der Waals surface area (Å²) in [5.41, 5.74) is 4.56. The van der Waals surface area contributed by atoms with Crippen LogP contribution in [0.2, 0.25) is 0 Å². The van der Waals surface area contributed by atoms with E-state index in [1.807, 2.05) is 12.1 Å². The average Bonchev–Trinajstić information content (AvgIpc) is 3.25. The number of carbonyl (C=O) groups excluding carboxylic acids is 1. The molecule has 1 aromatic rings. The van der Waals surface area contributed by atoms with Crippen molar-refractivity contribution >= 4 is 6.29 Å². The Morgan fingerprint density at radius 2 is 1.78 bits per heavy atom. The van der Waals surface area contributed by atoms with Crippen molar-refractivity contribution in [2.45, 2.75) is 95.9 Å². The normalized spacial score (nSPS) is 38.4. The molecule has 4 heteroatoms. The number of hydrogen-bond donors (Lipinski definition) is 1. The molecule has 1 N–H and O–H groups in total. The lowest BCUT2D eigenvalue weighted by Gasteiger charge is -2.57. The third-order valence-electron chi connectivity index (χ3n) is 10.2. The Balaban J connectivity index is 1.39. The number of aliphatic hydroxyl groups is 1. The fraction of sp³-hybridized carbons (Fsp3) is 0.656. The van der Waals surface area contributed by atoms with E-state index in [-0.39, 0.29) is 5.41 Å². The molecule has 192 valence electrons. The maximum absolute atomic E-state index is 12.2. The summed E-state index contributed by atoms with van der Waals surface area (Å²) in [6.07, 6.45) is 9.83. The van der Waals surface area contributed by atoms with Crippen LogP contribution in [-0.2, 0) is 14.3 Å². The summed E-state index contributed by atoms with van der Waals surface area (Å²) in [6, 6.07) is 8.50. The first-order chi connectivity index (χ1) is 17.2. The molecule has 1 heterocycles. The van der Waals surface area contributed by atoms with Gasteiger partial charge >= 0.3 is 0 Å². The summed E-state index contributed by atoms with van der Waals surface area (Å²) in [4.78, 5) is 10.7. The molecule has 4 aliphatic carbocycles. The second-order valence-electron chi connectivity index (χ2n) is 13.4. The Labute approximate surface area is 215 Å². The van der Waals surface area contributed by atoms with Gasteiger partial charge in [0.25, 0.3) is 0 Å². The summed E-state index contributed by atoms with van der Waals surface area (Å²) < 4.78 is 12.7. The number of benzene rings is 1. The molecule has 36 heavy (non-hydrogen) atoms. The van der Waals surface area contributed by atoms with Gasteiger partial charge in [-0.1, -0.05) is 50.8 Å². The molecule has 4 fully saturated rings. The Morgan fingerprint density at radius 3 is 2.50 bits per heavy atom. The van der Waals surface area contributed by atoms with Gasteiger partial charge in [0.15, 0.2) is 12.1 Å². The first-order valence-electron chi connectivity index (χ1n) is 13.9. The molecule has 6 rings (SSSR count). The predicted octanol–water partition coefficient (Wildman–Crippen LogP) is 5.92. The second-order valence-corrected chi connectivity index (χ2v) is 13.4. The third-order valence-corrected chi connectivity index (χ3v) is 10.2. The van der Waals surface area contributed by atoms with Crippen molar-refractivity contribution in [3.05, 3.63) is 46.5 Å². The third kappa shape index (κ3) is 3.99. The maximum Gasteiger partial charge on any atom is 0.193 e. The molecule has 3 unspecified atom stereocenters. The van der Waals surface area contributed by atoms with Crippen LogP contribution in [0.5, 0.6) is 0 Å². The molecular weight excluding hydrogens is 448 g/mol. The molecule has 1 spiro atoms. The largest absolute Gasteiger partial charge is 0.385 e. The highest BCUT2D eigenvalue weighted by molar-refractivity contribution is 5.73. The van der Waals surface area contributed by atoms with E-state index in [0.717, 1.165) is 43.6 Å². The molecule has 5 atom stereocenters. The standard InChI is InChI=1S/C32H40O4/c1-29(2)20-35-32(36-21-29)16-13-27-28-24(12-15-31(27,34)19-32)26-7-4-14-30(26,3)18-25(28)23-10-8-22(9-11-23)6-5-17-33/h8-11,17,24-26,34H,4,7,12-16,18-21H2,1-3H3/t24?,25-,26?,30?,31-/m1/s1. The number of allylic oxidation sites excluding steroid dienone is 1. The van der Waals surface area contributed by atoms with Crippen LogP contribution in [0.15, 0.2) is 35.4 Å². The lowest BCUT2D eigenvalue weighted by atomic mass is 9.51. The minimum Gasteiger partial charge on any atom is -0.385 e. The van der Waals surface area contributed by atoms with E-state index in [0.29, 0.717) is 43.2 Å². The topological polar surface area (TPSA) is 55.8 Å². The first kappa shape index (κ1) is 24.4.